The van der Waals surface area contributed by atoms with Crippen molar-refractivity contribution in [3.63, 3.8) is 0 Å². The van der Waals surface area contributed by atoms with Gasteiger partial charge in [-0.2, -0.15) is 0 Å². The van der Waals surface area contributed by atoms with E-state index in [-0.39, 0.29) is 31.1 Å². The number of hydrogen-bond donors (Lipinski definition) is 0. The summed E-state index contributed by atoms with van der Waals surface area (Å²) in [6.45, 7) is 6.60. The number of allylic oxidation sites excluding steroid dienone is 6. The van der Waals surface area contributed by atoms with Crippen molar-refractivity contribution in [1.29, 1.82) is 0 Å². The smallest absolute Gasteiger partial charge is 0.306 e. The van der Waals surface area contributed by atoms with Gasteiger partial charge >= 0.3 is 17.9 Å². The predicted molar refractivity (Wildman–Crippen MR) is 261 cm³/mol. The molecule has 0 aliphatic rings. The molecule has 0 bridgehead atoms. The van der Waals surface area contributed by atoms with Crippen LogP contribution in [-0.4, -0.2) is 37.2 Å². The number of unbranched alkanes of at least 4 members (excludes halogenated alkanes) is 31. The molecule has 1 atom stereocenters. The maximum absolute atomic E-state index is 12.8. The summed E-state index contributed by atoms with van der Waals surface area (Å²) >= 11 is 0. The lowest BCUT2D eigenvalue weighted by atomic mass is 10.1. The molecule has 356 valence electrons. The van der Waals surface area contributed by atoms with Gasteiger partial charge in [0.1, 0.15) is 13.2 Å². The van der Waals surface area contributed by atoms with Crippen LogP contribution in [0.5, 0.6) is 0 Å². The van der Waals surface area contributed by atoms with E-state index in [4.69, 9.17) is 14.2 Å². The molecule has 0 saturated heterocycles. The van der Waals surface area contributed by atoms with Crippen LogP contribution in [0, 0.1) is 0 Å². The lowest BCUT2D eigenvalue weighted by Crippen LogP contribution is -2.30. The Bertz CT molecular complexity index is 1030. The van der Waals surface area contributed by atoms with Crippen LogP contribution in [0.4, 0.5) is 0 Å². The molecular weight excluding hydrogens is 757 g/mol. The lowest BCUT2D eigenvalue weighted by Gasteiger charge is -2.18. The van der Waals surface area contributed by atoms with E-state index in [0.717, 1.165) is 77.0 Å². The number of ether oxygens (including phenoxy) is 3. The van der Waals surface area contributed by atoms with Gasteiger partial charge in [-0.05, 0) is 96.3 Å². The second kappa shape index (κ2) is 50.3. The summed E-state index contributed by atoms with van der Waals surface area (Å²) in [6.07, 6.45) is 58.4. The molecule has 0 fully saturated rings. The van der Waals surface area contributed by atoms with Gasteiger partial charge < -0.3 is 14.2 Å². The Labute approximate surface area is 378 Å². The fraction of sp³-hybridized carbons (Fsp3) is 0.836. The Morgan fingerprint density at radius 2 is 0.541 bits per heavy atom. The van der Waals surface area contributed by atoms with Crippen LogP contribution >= 0.6 is 0 Å². The van der Waals surface area contributed by atoms with Crippen molar-refractivity contribution in [3.05, 3.63) is 36.5 Å². The fourth-order valence-corrected chi connectivity index (χ4v) is 7.54. The van der Waals surface area contributed by atoms with Crippen LogP contribution in [0.25, 0.3) is 0 Å². The van der Waals surface area contributed by atoms with E-state index in [0.29, 0.717) is 19.3 Å². The highest BCUT2D eigenvalue weighted by molar-refractivity contribution is 5.71. The molecule has 0 heterocycles. The topological polar surface area (TPSA) is 78.9 Å². The minimum atomic E-state index is -0.778. The Morgan fingerprint density at radius 1 is 0.311 bits per heavy atom. The van der Waals surface area contributed by atoms with Gasteiger partial charge in [0, 0.05) is 19.3 Å². The van der Waals surface area contributed by atoms with Gasteiger partial charge in [-0.1, -0.05) is 198 Å². The molecular formula is C55H100O6. The Balaban J connectivity index is 4.36. The molecule has 6 nitrogen and oxygen atoms in total. The zero-order chi connectivity index (χ0) is 44.4. The number of esters is 3. The largest absolute Gasteiger partial charge is 0.462 e. The van der Waals surface area contributed by atoms with Crippen molar-refractivity contribution in [2.45, 2.75) is 284 Å². The first-order valence-corrected chi connectivity index (χ1v) is 26.5. The maximum Gasteiger partial charge on any atom is 0.306 e. The summed E-state index contributed by atoms with van der Waals surface area (Å²) in [5.74, 6) is -0.892. The minimum Gasteiger partial charge on any atom is -0.462 e. The van der Waals surface area contributed by atoms with Crippen molar-refractivity contribution < 1.29 is 28.6 Å². The van der Waals surface area contributed by atoms with E-state index < -0.39 is 6.10 Å². The fourth-order valence-electron chi connectivity index (χ4n) is 7.54. The molecule has 0 aromatic rings. The summed E-state index contributed by atoms with van der Waals surface area (Å²) in [5.41, 5.74) is 0. The van der Waals surface area contributed by atoms with Crippen LogP contribution in [-0.2, 0) is 28.6 Å². The summed E-state index contributed by atoms with van der Waals surface area (Å²) in [4.78, 5) is 38.0. The maximum atomic E-state index is 12.8. The Kier molecular flexibility index (Phi) is 48.3. The SMILES string of the molecule is CCCCC/C=C\CCCCCCCC(=O)OC[C@H](COC(=O)CCCCCCCCC/C=C\CCCCCCCC)OC(=O)CCCCCCC/C=C\CCCCCCC. The molecule has 0 aromatic carbocycles. The third-order valence-electron chi connectivity index (χ3n) is 11.6. The Morgan fingerprint density at radius 3 is 0.852 bits per heavy atom. The van der Waals surface area contributed by atoms with Crippen LogP contribution in [0.15, 0.2) is 36.5 Å². The summed E-state index contributed by atoms with van der Waals surface area (Å²) < 4.78 is 16.8. The molecule has 0 unspecified atom stereocenters. The molecule has 0 N–H and O–H groups in total. The summed E-state index contributed by atoms with van der Waals surface area (Å²) in [5, 5.41) is 0. The zero-order valence-corrected chi connectivity index (χ0v) is 40.7. The highest BCUT2D eigenvalue weighted by Crippen LogP contribution is 2.15. The standard InChI is InChI=1S/C55H100O6/c1-4-7-10-13-16-19-22-25-27-28-29-31-33-36-39-42-45-48-54(57)60-51-52(50-59-53(56)47-44-41-38-35-32-24-21-18-15-12-9-6-3)61-55(58)49-46-43-40-37-34-30-26-23-20-17-14-11-8-5-2/h18,21,23,25-27,52H,4-17,19-20,22,24,28-51H2,1-3H3/b21-18-,26-23-,27-25-/t52-/m1/s1. The van der Waals surface area contributed by atoms with E-state index >= 15 is 0 Å². The number of carbonyl (C=O) groups is 3. The van der Waals surface area contributed by atoms with E-state index in [1.807, 2.05) is 0 Å². The number of carbonyl (C=O) groups excluding carboxylic acids is 3. The molecule has 0 rings (SSSR count). The molecule has 0 aliphatic heterocycles. The quantitative estimate of drug-likeness (QED) is 0.0262. The minimum absolute atomic E-state index is 0.0788. The van der Waals surface area contributed by atoms with Crippen molar-refractivity contribution in [2.24, 2.45) is 0 Å². The van der Waals surface area contributed by atoms with Crippen LogP contribution in [0.2, 0.25) is 0 Å². The van der Waals surface area contributed by atoms with E-state index in [9.17, 15) is 14.4 Å². The van der Waals surface area contributed by atoms with E-state index in [1.54, 1.807) is 0 Å². The van der Waals surface area contributed by atoms with Crippen molar-refractivity contribution in [2.75, 3.05) is 13.2 Å². The van der Waals surface area contributed by atoms with Gasteiger partial charge in [0.25, 0.3) is 0 Å². The summed E-state index contributed by atoms with van der Waals surface area (Å²) in [7, 11) is 0. The third kappa shape index (κ3) is 48.5. The molecule has 61 heavy (non-hydrogen) atoms. The average Bonchev–Trinajstić information content (AvgIpc) is 3.26. The van der Waals surface area contributed by atoms with Crippen LogP contribution in [0.3, 0.4) is 0 Å². The number of rotatable bonds is 48. The van der Waals surface area contributed by atoms with Gasteiger partial charge in [0.2, 0.25) is 0 Å². The highest BCUT2D eigenvalue weighted by atomic mass is 16.6. The first kappa shape index (κ1) is 58.6. The first-order valence-electron chi connectivity index (χ1n) is 26.5. The molecule has 0 aromatic heterocycles. The summed E-state index contributed by atoms with van der Waals surface area (Å²) in [6, 6.07) is 0. The second-order valence-electron chi connectivity index (χ2n) is 17.8. The van der Waals surface area contributed by atoms with Gasteiger partial charge in [-0.25, -0.2) is 0 Å². The van der Waals surface area contributed by atoms with Gasteiger partial charge in [0.05, 0.1) is 0 Å². The second-order valence-corrected chi connectivity index (χ2v) is 17.8. The first-order chi connectivity index (χ1) is 30.0. The van der Waals surface area contributed by atoms with Gasteiger partial charge in [-0.3, -0.25) is 14.4 Å². The molecule has 0 radical (unpaired) electrons. The van der Waals surface area contributed by atoms with Gasteiger partial charge in [0.15, 0.2) is 6.10 Å². The predicted octanol–water partition coefficient (Wildman–Crippen LogP) is 17.3. The van der Waals surface area contributed by atoms with E-state index in [1.165, 1.54) is 161 Å². The van der Waals surface area contributed by atoms with Crippen molar-refractivity contribution in [1.82, 2.24) is 0 Å². The van der Waals surface area contributed by atoms with Crippen molar-refractivity contribution >= 4 is 17.9 Å². The van der Waals surface area contributed by atoms with Crippen LogP contribution < -0.4 is 0 Å². The molecule has 0 spiro atoms. The molecule has 0 amide bonds. The molecule has 0 aliphatic carbocycles. The monoisotopic (exact) mass is 857 g/mol. The Hall–Kier alpha value is -2.37. The molecule has 6 heteroatoms. The van der Waals surface area contributed by atoms with E-state index in [2.05, 4.69) is 57.2 Å². The zero-order valence-electron chi connectivity index (χ0n) is 40.7. The highest BCUT2D eigenvalue weighted by Gasteiger charge is 2.19. The van der Waals surface area contributed by atoms with Crippen molar-refractivity contribution in [3.8, 4) is 0 Å². The average molecular weight is 857 g/mol. The van der Waals surface area contributed by atoms with Gasteiger partial charge in [-0.15, -0.1) is 0 Å². The van der Waals surface area contributed by atoms with Crippen LogP contribution in [0.1, 0.15) is 278 Å². The normalized spacial score (nSPS) is 12.2. The third-order valence-corrected chi connectivity index (χ3v) is 11.6. The number of hydrogen-bond acceptors (Lipinski definition) is 6. The lowest BCUT2D eigenvalue weighted by molar-refractivity contribution is -0.167. The molecule has 0 saturated carbocycles.